The summed E-state index contributed by atoms with van der Waals surface area (Å²) in [6.45, 7) is 4.18. The van der Waals surface area contributed by atoms with Crippen molar-refractivity contribution in [3.8, 4) is 0 Å². The molecule has 1 aliphatic heterocycles. The number of nitrogens with two attached hydrogens (primary N) is 1. The van der Waals surface area contributed by atoms with Crippen LogP contribution in [0.25, 0.3) is 0 Å². The SMILES string of the molecule is CC1CCCCC1N1CCOC1N. The van der Waals surface area contributed by atoms with E-state index in [0.29, 0.717) is 6.04 Å². The van der Waals surface area contributed by atoms with Crippen LogP contribution in [0.1, 0.15) is 32.6 Å². The fraction of sp³-hybridized carbons (Fsp3) is 1.00. The average molecular weight is 184 g/mol. The monoisotopic (exact) mass is 184 g/mol. The molecule has 2 aliphatic rings. The van der Waals surface area contributed by atoms with E-state index in [0.717, 1.165) is 19.1 Å². The van der Waals surface area contributed by atoms with E-state index in [9.17, 15) is 0 Å². The minimum absolute atomic E-state index is 0.134. The van der Waals surface area contributed by atoms with Crippen LogP contribution in [0.3, 0.4) is 0 Å². The highest BCUT2D eigenvalue weighted by Gasteiger charge is 2.33. The standard InChI is InChI=1S/C10H20N2O/c1-8-4-2-3-5-9(8)12-6-7-13-10(12)11/h8-10H,2-7,11H2,1H3. The van der Waals surface area contributed by atoms with E-state index < -0.39 is 0 Å². The van der Waals surface area contributed by atoms with Gasteiger partial charge >= 0.3 is 0 Å². The Morgan fingerprint density at radius 2 is 2.08 bits per heavy atom. The number of ether oxygens (including phenoxy) is 1. The van der Waals surface area contributed by atoms with E-state index in [4.69, 9.17) is 10.5 Å². The zero-order chi connectivity index (χ0) is 9.26. The maximum absolute atomic E-state index is 5.88. The van der Waals surface area contributed by atoms with E-state index in [-0.39, 0.29) is 6.35 Å². The van der Waals surface area contributed by atoms with Gasteiger partial charge in [-0.1, -0.05) is 19.8 Å². The lowest BCUT2D eigenvalue weighted by molar-refractivity contribution is -0.00474. The topological polar surface area (TPSA) is 38.5 Å². The molecule has 3 atom stereocenters. The molecule has 0 spiro atoms. The highest BCUT2D eigenvalue weighted by Crippen LogP contribution is 2.29. The summed E-state index contributed by atoms with van der Waals surface area (Å²) in [7, 11) is 0. The van der Waals surface area contributed by atoms with Gasteiger partial charge in [0, 0.05) is 12.6 Å². The third-order valence-electron chi connectivity index (χ3n) is 3.46. The van der Waals surface area contributed by atoms with Crippen LogP contribution in [0.2, 0.25) is 0 Å². The zero-order valence-electron chi connectivity index (χ0n) is 8.41. The summed E-state index contributed by atoms with van der Waals surface area (Å²) >= 11 is 0. The Morgan fingerprint density at radius 1 is 1.31 bits per heavy atom. The highest BCUT2D eigenvalue weighted by atomic mass is 16.5. The molecule has 0 aromatic heterocycles. The molecule has 3 heteroatoms. The molecule has 0 bridgehead atoms. The van der Waals surface area contributed by atoms with Crippen molar-refractivity contribution in [3.05, 3.63) is 0 Å². The van der Waals surface area contributed by atoms with Crippen LogP contribution in [0.5, 0.6) is 0 Å². The first-order valence-corrected chi connectivity index (χ1v) is 5.42. The summed E-state index contributed by atoms with van der Waals surface area (Å²) in [6, 6.07) is 0.672. The van der Waals surface area contributed by atoms with Crippen molar-refractivity contribution in [2.24, 2.45) is 11.7 Å². The van der Waals surface area contributed by atoms with Gasteiger partial charge in [-0.25, -0.2) is 0 Å². The molecule has 1 saturated carbocycles. The molecule has 0 aromatic rings. The van der Waals surface area contributed by atoms with Crippen LogP contribution in [-0.4, -0.2) is 30.4 Å². The first-order chi connectivity index (χ1) is 6.29. The van der Waals surface area contributed by atoms with E-state index in [1.807, 2.05) is 0 Å². The Balaban J connectivity index is 1.97. The summed E-state index contributed by atoms with van der Waals surface area (Å²) in [4.78, 5) is 2.34. The second-order valence-corrected chi connectivity index (χ2v) is 4.33. The Bertz CT molecular complexity index is 174. The molecule has 2 fully saturated rings. The third-order valence-corrected chi connectivity index (χ3v) is 3.46. The molecule has 3 unspecified atom stereocenters. The molecule has 3 nitrogen and oxygen atoms in total. The number of rotatable bonds is 1. The normalized spacial score (nSPS) is 42.5. The Hall–Kier alpha value is -0.120. The Labute approximate surface area is 80.2 Å². The van der Waals surface area contributed by atoms with Crippen LogP contribution < -0.4 is 5.73 Å². The van der Waals surface area contributed by atoms with Gasteiger partial charge in [0.25, 0.3) is 0 Å². The second-order valence-electron chi connectivity index (χ2n) is 4.33. The van der Waals surface area contributed by atoms with Crippen molar-refractivity contribution >= 4 is 0 Å². The van der Waals surface area contributed by atoms with Crippen molar-refractivity contribution in [1.29, 1.82) is 0 Å². The average Bonchev–Trinajstić information content (AvgIpc) is 2.52. The first kappa shape index (κ1) is 9.44. The fourth-order valence-corrected chi connectivity index (χ4v) is 2.65. The molecule has 1 saturated heterocycles. The Kier molecular flexibility index (Phi) is 2.86. The number of nitrogens with zero attached hydrogens (tertiary/aromatic N) is 1. The van der Waals surface area contributed by atoms with Crippen molar-refractivity contribution in [2.45, 2.75) is 45.0 Å². The first-order valence-electron chi connectivity index (χ1n) is 5.42. The van der Waals surface area contributed by atoms with Gasteiger partial charge < -0.3 is 4.74 Å². The van der Waals surface area contributed by atoms with Crippen LogP contribution in [0.4, 0.5) is 0 Å². The summed E-state index contributed by atoms with van der Waals surface area (Å²) in [6.07, 6.45) is 5.27. The number of hydrogen-bond acceptors (Lipinski definition) is 3. The van der Waals surface area contributed by atoms with Gasteiger partial charge in [0.15, 0.2) is 6.35 Å². The minimum atomic E-state index is -0.134. The maximum atomic E-state index is 5.88. The van der Waals surface area contributed by atoms with Gasteiger partial charge in [-0.15, -0.1) is 0 Å². The lowest BCUT2D eigenvalue weighted by Crippen LogP contribution is -2.48. The molecule has 1 heterocycles. The van der Waals surface area contributed by atoms with Crippen molar-refractivity contribution in [1.82, 2.24) is 4.90 Å². The molecule has 13 heavy (non-hydrogen) atoms. The molecule has 0 amide bonds. The molecule has 1 aliphatic carbocycles. The van der Waals surface area contributed by atoms with E-state index >= 15 is 0 Å². The second kappa shape index (κ2) is 3.95. The largest absolute Gasteiger partial charge is 0.349 e. The van der Waals surface area contributed by atoms with Crippen molar-refractivity contribution < 1.29 is 4.74 Å². The smallest absolute Gasteiger partial charge is 0.163 e. The van der Waals surface area contributed by atoms with Gasteiger partial charge in [0.05, 0.1) is 6.61 Å². The van der Waals surface area contributed by atoms with E-state index in [1.165, 1.54) is 25.7 Å². The Morgan fingerprint density at radius 3 is 2.69 bits per heavy atom. The molecule has 2 rings (SSSR count). The zero-order valence-corrected chi connectivity index (χ0v) is 8.41. The predicted octanol–water partition coefficient (Wildman–Crippen LogP) is 1.14. The molecule has 0 aromatic carbocycles. The molecule has 2 N–H and O–H groups in total. The molecular weight excluding hydrogens is 164 g/mol. The maximum Gasteiger partial charge on any atom is 0.163 e. The van der Waals surface area contributed by atoms with Crippen LogP contribution in [0, 0.1) is 5.92 Å². The van der Waals surface area contributed by atoms with Gasteiger partial charge in [0.1, 0.15) is 0 Å². The molecule has 76 valence electrons. The summed E-state index contributed by atoms with van der Waals surface area (Å²) in [5.41, 5.74) is 5.88. The molecule has 0 radical (unpaired) electrons. The van der Waals surface area contributed by atoms with E-state index in [1.54, 1.807) is 0 Å². The van der Waals surface area contributed by atoms with Crippen LogP contribution in [0.15, 0.2) is 0 Å². The summed E-state index contributed by atoms with van der Waals surface area (Å²) in [5.74, 6) is 0.793. The lowest BCUT2D eigenvalue weighted by atomic mass is 9.85. The van der Waals surface area contributed by atoms with E-state index in [2.05, 4.69) is 11.8 Å². The minimum Gasteiger partial charge on any atom is -0.349 e. The molecular formula is C10H20N2O. The highest BCUT2D eigenvalue weighted by molar-refractivity contribution is 4.83. The number of hydrogen-bond donors (Lipinski definition) is 1. The van der Waals surface area contributed by atoms with Crippen LogP contribution in [-0.2, 0) is 4.74 Å². The van der Waals surface area contributed by atoms with Crippen molar-refractivity contribution in [3.63, 3.8) is 0 Å². The fourth-order valence-electron chi connectivity index (χ4n) is 2.65. The third kappa shape index (κ3) is 1.87. The van der Waals surface area contributed by atoms with Crippen LogP contribution >= 0.6 is 0 Å². The van der Waals surface area contributed by atoms with Gasteiger partial charge in [-0.3, -0.25) is 10.6 Å². The van der Waals surface area contributed by atoms with Gasteiger partial charge in [-0.05, 0) is 18.8 Å². The lowest BCUT2D eigenvalue weighted by Gasteiger charge is -2.37. The van der Waals surface area contributed by atoms with Gasteiger partial charge in [-0.2, -0.15) is 0 Å². The quantitative estimate of drug-likeness (QED) is 0.664. The summed E-state index contributed by atoms with van der Waals surface area (Å²) < 4.78 is 5.37. The van der Waals surface area contributed by atoms with Gasteiger partial charge in [0.2, 0.25) is 0 Å². The predicted molar refractivity (Wildman–Crippen MR) is 52.1 cm³/mol. The van der Waals surface area contributed by atoms with Crippen molar-refractivity contribution in [2.75, 3.05) is 13.2 Å². The summed E-state index contributed by atoms with van der Waals surface area (Å²) in [5, 5.41) is 0.